The van der Waals surface area contributed by atoms with Crippen LogP contribution in [-0.2, 0) is 0 Å². The number of halogens is 1. The minimum Gasteiger partial charge on any atom is -0.393 e. The van der Waals surface area contributed by atoms with Crippen LogP contribution in [0.15, 0.2) is 6.33 Å². The Morgan fingerprint density at radius 2 is 2.20 bits per heavy atom. The lowest BCUT2D eigenvalue weighted by molar-refractivity contribution is 1.14. The van der Waals surface area contributed by atoms with Crippen LogP contribution in [-0.4, -0.2) is 9.97 Å². The summed E-state index contributed by atoms with van der Waals surface area (Å²) >= 11 is 5.52. The van der Waals surface area contributed by atoms with Crippen LogP contribution in [0.2, 0.25) is 5.15 Å². The Balaban J connectivity index is 3.14. The summed E-state index contributed by atoms with van der Waals surface area (Å²) in [6.07, 6.45) is 1.27. The van der Waals surface area contributed by atoms with Gasteiger partial charge in [-0.15, -0.1) is 0 Å². The smallest absolute Gasteiger partial charge is 0.168 e. The van der Waals surface area contributed by atoms with E-state index in [9.17, 15) is 0 Å². The molecule has 1 rings (SSSR count). The molecule has 5 nitrogen and oxygen atoms in total. The lowest BCUT2D eigenvalue weighted by atomic mass is 10.5. The number of rotatable bonds is 1. The van der Waals surface area contributed by atoms with Crippen molar-refractivity contribution >= 4 is 23.1 Å². The number of nitrogen functional groups attached to an aromatic ring is 2. The van der Waals surface area contributed by atoms with Crippen molar-refractivity contribution in [3.8, 4) is 0 Å². The summed E-state index contributed by atoms with van der Waals surface area (Å²) in [7, 11) is 0. The molecule has 0 saturated heterocycles. The zero-order valence-corrected chi connectivity index (χ0v) is 5.76. The van der Waals surface area contributed by atoms with Crippen molar-refractivity contribution in [3.05, 3.63) is 11.5 Å². The largest absolute Gasteiger partial charge is 0.393 e. The summed E-state index contributed by atoms with van der Waals surface area (Å²) in [6.45, 7) is 0. The second-order valence-corrected chi connectivity index (χ2v) is 1.93. The molecule has 1 aromatic rings. The number of nitrogens with one attached hydrogen (secondary N) is 1. The molecule has 0 spiro atoms. The molecule has 10 heavy (non-hydrogen) atoms. The zero-order valence-electron chi connectivity index (χ0n) is 5.00. The van der Waals surface area contributed by atoms with Crippen LogP contribution in [0.1, 0.15) is 0 Å². The van der Waals surface area contributed by atoms with E-state index >= 15 is 0 Å². The maximum atomic E-state index is 5.52. The standard InChI is InChI=1S/C4H6ClN5/c5-3-2(6)4(10-7)9-1-8-3/h1H,6-7H2,(H,8,9,10). The predicted octanol–water partition coefficient (Wildman–Crippen LogP) is -0.00220. The van der Waals surface area contributed by atoms with Gasteiger partial charge in [0, 0.05) is 0 Å². The molecule has 5 N–H and O–H groups in total. The Bertz CT molecular complexity index is 237. The van der Waals surface area contributed by atoms with Crippen molar-refractivity contribution in [2.24, 2.45) is 5.84 Å². The molecule has 1 aromatic heterocycles. The van der Waals surface area contributed by atoms with Gasteiger partial charge in [-0.1, -0.05) is 11.6 Å². The van der Waals surface area contributed by atoms with Crippen molar-refractivity contribution in [2.45, 2.75) is 0 Å². The fraction of sp³-hybridized carbons (Fsp3) is 0. The first-order valence-electron chi connectivity index (χ1n) is 2.48. The molecule has 0 unspecified atom stereocenters. The van der Waals surface area contributed by atoms with E-state index in [-0.39, 0.29) is 10.8 Å². The first kappa shape index (κ1) is 7.04. The third-order valence-electron chi connectivity index (χ3n) is 0.972. The van der Waals surface area contributed by atoms with Gasteiger partial charge < -0.3 is 11.2 Å². The van der Waals surface area contributed by atoms with Crippen molar-refractivity contribution in [3.63, 3.8) is 0 Å². The topological polar surface area (TPSA) is 89.8 Å². The normalized spacial score (nSPS) is 9.40. The average molecular weight is 160 g/mol. The third kappa shape index (κ3) is 1.09. The van der Waals surface area contributed by atoms with Gasteiger partial charge >= 0.3 is 0 Å². The van der Waals surface area contributed by atoms with Crippen LogP contribution in [0, 0.1) is 0 Å². The van der Waals surface area contributed by atoms with Crippen molar-refractivity contribution in [1.82, 2.24) is 9.97 Å². The highest BCUT2D eigenvalue weighted by molar-refractivity contribution is 6.32. The highest BCUT2D eigenvalue weighted by Crippen LogP contribution is 2.20. The number of hydrogen-bond donors (Lipinski definition) is 3. The van der Waals surface area contributed by atoms with E-state index in [1.54, 1.807) is 0 Å². The van der Waals surface area contributed by atoms with E-state index in [1.807, 2.05) is 0 Å². The summed E-state index contributed by atoms with van der Waals surface area (Å²) in [4.78, 5) is 7.32. The number of anilines is 2. The average Bonchev–Trinajstić information content (AvgIpc) is 1.95. The van der Waals surface area contributed by atoms with Crippen molar-refractivity contribution in [2.75, 3.05) is 11.2 Å². The second-order valence-electron chi connectivity index (χ2n) is 1.57. The summed E-state index contributed by atoms with van der Waals surface area (Å²) < 4.78 is 0. The predicted molar refractivity (Wildman–Crippen MR) is 39.3 cm³/mol. The van der Waals surface area contributed by atoms with Crippen molar-refractivity contribution in [1.29, 1.82) is 0 Å². The molecule has 6 heteroatoms. The zero-order chi connectivity index (χ0) is 7.56. The fourth-order valence-electron chi connectivity index (χ4n) is 0.489. The quantitative estimate of drug-likeness (QED) is 0.305. The van der Waals surface area contributed by atoms with Gasteiger partial charge in [-0.25, -0.2) is 15.8 Å². The van der Waals surface area contributed by atoms with Crippen LogP contribution in [0.25, 0.3) is 0 Å². The number of nitrogens with two attached hydrogens (primary N) is 2. The molecular weight excluding hydrogens is 154 g/mol. The van der Waals surface area contributed by atoms with Gasteiger partial charge in [0.15, 0.2) is 11.0 Å². The van der Waals surface area contributed by atoms with Crippen LogP contribution in [0.5, 0.6) is 0 Å². The first-order valence-corrected chi connectivity index (χ1v) is 2.86. The molecule has 0 aliphatic rings. The fourth-order valence-corrected chi connectivity index (χ4v) is 0.622. The summed E-state index contributed by atoms with van der Waals surface area (Å²) in [5.41, 5.74) is 7.93. The number of aromatic nitrogens is 2. The number of hydrogen-bond acceptors (Lipinski definition) is 5. The van der Waals surface area contributed by atoms with Gasteiger partial charge in [-0.05, 0) is 0 Å². The number of nitrogens with zero attached hydrogens (tertiary/aromatic N) is 2. The van der Waals surface area contributed by atoms with Crippen molar-refractivity contribution < 1.29 is 0 Å². The SMILES string of the molecule is NNc1ncnc(Cl)c1N. The maximum Gasteiger partial charge on any atom is 0.168 e. The third-order valence-corrected chi connectivity index (χ3v) is 1.27. The Labute approximate surface area is 62.4 Å². The van der Waals surface area contributed by atoms with Gasteiger partial charge in [0.2, 0.25) is 0 Å². The lowest BCUT2D eigenvalue weighted by Crippen LogP contribution is -2.11. The van der Waals surface area contributed by atoms with Crippen LogP contribution < -0.4 is 17.0 Å². The van der Waals surface area contributed by atoms with Gasteiger partial charge in [0.05, 0.1) is 0 Å². The highest BCUT2D eigenvalue weighted by Gasteiger charge is 2.02. The molecular formula is C4H6ClN5. The van der Waals surface area contributed by atoms with Gasteiger partial charge in [-0.3, -0.25) is 0 Å². The second kappa shape index (κ2) is 2.68. The molecule has 0 aliphatic heterocycles. The molecule has 0 aromatic carbocycles. The van der Waals surface area contributed by atoms with Gasteiger partial charge in [0.1, 0.15) is 12.0 Å². The van der Waals surface area contributed by atoms with E-state index in [1.165, 1.54) is 6.33 Å². The minimum absolute atomic E-state index is 0.197. The molecule has 0 fully saturated rings. The molecule has 0 atom stereocenters. The van der Waals surface area contributed by atoms with E-state index in [0.29, 0.717) is 5.82 Å². The Morgan fingerprint density at radius 1 is 1.50 bits per heavy atom. The monoisotopic (exact) mass is 159 g/mol. The van der Waals surface area contributed by atoms with Crippen LogP contribution >= 0.6 is 11.6 Å². The molecule has 0 radical (unpaired) electrons. The molecule has 1 heterocycles. The first-order chi connectivity index (χ1) is 4.75. The summed E-state index contributed by atoms with van der Waals surface area (Å²) in [5.74, 6) is 5.37. The van der Waals surface area contributed by atoms with E-state index in [2.05, 4.69) is 15.4 Å². The molecule has 0 bridgehead atoms. The van der Waals surface area contributed by atoms with E-state index in [0.717, 1.165) is 0 Å². The maximum absolute atomic E-state index is 5.52. The Morgan fingerprint density at radius 3 is 2.70 bits per heavy atom. The highest BCUT2D eigenvalue weighted by atomic mass is 35.5. The minimum atomic E-state index is 0.197. The molecule has 0 amide bonds. The molecule has 0 saturated carbocycles. The summed E-state index contributed by atoms with van der Waals surface area (Å²) in [6, 6.07) is 0. The van der Waals surface area contributed by atoms with Crippen LogP contribution in [0.3, 0.4) is 0 Å². The summed E-state index contributed by atoms with van der Waals surface area (Å²) in [5, 5.41) is 0.197. The molecule has 0 aliphatic carbocycles. The number of hydrazine groups is 1. The van der Waals surface area contributed by atoms with Gasteiger partial charge in [-0.2, -0.15) is 0 Å². The lowest BCUT2D eigenvalue weighted by Gasteiger charge is -2.01. The molecule has 54 valence electrons. The Kier molecular flexibility index (Phi) is 1.88. The van der Waals surface area contributed by atoms with Crippen LogP contribution in [0.4, 0.5) is 11.5 Å². The van der Waals surface area contributed by atoms with Gasteiger partial charge in [0.25, 0.3) is 0 Å². The van der Waals surface area contributed by atoms with E-state index in [4.69, 9.17) is 23.2 Å². The Hall–Kier alpha value is -1.07. The van der Waals surface area contributed by atoms with E-state index < -0.39 is 0 Å².